The summed E-state index contributed by atoms with van der Waals surface area (Å²) in [5, 5.41) is 3.38. The molecule has 1 aliphatic heterocycles. The Kier molecular flexibility index (Phi) is 10.2. The average Bonchev–Trinajstić information content (AvgIpc) is 3.03. The number of esters is 1. The molecule has 7 heteroatoms. The van der Waals surface area contributed by atoms with Crippen molar-refractivity contribution in [2.75, 3.05) is 47.4 Å². The van der Waals surface area contributed by atoms with Crippen LogP contribution in [0.3, 0.4) is 0 Å². The number of hydrogen-bond donors (Lipinski definition) is 1. The van der Waals surface area contributed by atoms with Crippen LogP contribution in [0.4, 0.5) is 0 Å². The Bertz CT molecular complexity index is 648. The highest BCUT2D eigenvalue weighted by Gasteiger charge is 2.37. The van der Waals surface area contributed by atoms with Gasteiger partial charge in [-0.25, -0.2) is 0 Å². The van der Waals surface area contributed by atoms with E-state index in [-0.39, 0.29) is 47.8 Å². The van der Waals surface area contributed by atoms with Crippen molar-refractivity contribution in [3.05, 3.63) is 35.4 Å². The summed E-state index contributed by atoms with van der Waals surface area (Å²) < 4.78 is 4.96. The molecule has 1 heterocycles. The predicted molar refractivity (Wildman–Crippen MR) is 125 cm³/mol. The minimum absolute atomic E-state index is 0. The first kappa shape index (κ1) is 24.7. The molecule has 0 bridgehead atoms. The molecule has 1 aromatic carbocycles. The third kappa shape index (κ3) is 6.34. The number of ether oxygens (including phenoxy) is 1. The molecule has 1 aromatic rings. The number of likely N-dealkylation sites (N-methyl/N-ethyl adjacent to an activating group) is 1. The number of methoxy groups -OCH3 is 1. The van der Waals surface area contributed by atoms with Gasteiger partial charge in [-0.15, -0.1) is 24.0 Å². The zero-order valence-corrected chi connectivity index (χ0v) is 20.3. The fourth-order valence-corrected chi connectivity index (χ4v) is 3.55. The standard InChI is InChI=1S/C21H34N4O2.HI/c1-7-22-21(25-13-16(3)18(14-25)20(26)27-6)23-12-19(24(4)5)17-10-8-15(2)9-11-17;/h8-11,16,18-19H,7,12-14H2,1-6H3,(H,22,23);1H. The number of hydrogen-bond acceptors (Lipinski definition) is 4. The van der Waals surface area contributed by atoms with Crippen LogP contribution in [0.2, 0.25) is 0 Å². The fraction of sp³-hybridized carbons (Fsp3) is 0.619. The Labute approximate surface area is 186 Å². The molecule has 3 atom stereocenters. The third-order valence-corrected chi connectivity index (χ3v) is 5.25. The fourth-order valence-electron chi connectivity index (χ4n) is 3.55. The summed E-state index contributed by atoms with van der Waals surface area (Å²) in [6.45, 7) is 9.17. The molecule has 1 saturated heterocycles. The Balaban J connectivity index is 0.00000392. The maximum Gasteiger partial charge on any atom is 0.310 e. The maximum atomic E-state index is 12.0. The van der Waals surface area contributed by atoms with Crippen molar-refractivity contribution in [3.63, 3.8) is 0 Å². The molecule has 0 saturated carbocycles. The van der Waals surface area contributed by atoms with Gasteiger partial charge in [0, 0.05) is 19.6 Å². The summed E-state index contributed by atoms with van der Waals surface area (Å²) in [5.74, 6) is 0.894. The number of rotatable bonds is 6. The van der Waals surface area contributed by atoms with E-state index in [1.165, 1.54) is 18.2 Å². The second-order valence-corrected chi connectivity index (χ2v) is 7.60. The maximum absolute atomic E-state index is 12.0. The lowest BCUT2D eigenvalue weighted by Gasteiger charge is -2.26. The van der Waals surface area contributed by atoms with E-state index < -0.39 is 0 Å². The Morgan fingerprint density at radius 1 is 1.32 bits per heavy atom. The van der Waals surface area contributed by atoms with E-state index in [4.69, 9.17) is 9.73 Å². The van der Waals surface area contributed by atoms with Gasteiger partial charge in [0.25, 0.3) is 0 Å². The summed E-state index contributed by atoms with van der Waals surface area (Å²) >= 11 is 0. The highest BCUT2D eigenvalue weighted by molar-refractivity contribution is 14.0. The molecular weight excluding hydrogens is 467 g/mol. The van der Waals surface area contributed by atoms with Crippen molar-refractivity contribution in [1.82, 2.24) is 15.1 Å². The van der Waals surface area contributed by atoms with Gasteiger partial charge in [-0.1, -0.05) is 36.8 Å². The minimum atomic E-state index is -0.133. The molecule has 0 aromatic heterocycles. The number of aliphatic imine (C=N–C) groups is 1. The second kappa shape index (κ2) is 11.6. The van der Waals surface area contributed by atoms with Gasteiger partial charge in [0.1, 0.15) is 0 Å². The molecule has 1 N–H and O–H groups in total. The number of aryl methyl sites for hydroxylation is 1. The average molecular weight is 502 g/mol. The molecule has 0 radical (unpaired) electrons. The number of carbonyl (C=O) groups is 1. The van der Waals surface area contributed by atoms with Gasteiger partial charge in [-0.05, 0) is 39.4 Å². The summed E-state index contributed by atoms with van der Waals surface area (Å²) in [4.78, 5) is 21.3. The van der Waals surface area contributed by atoms with E-state index in [9.17, 15) is 4.79 Å². The first-order valence-electron chi connectivity index (χ1n) is 9.71. The van der Waals surface area contributed by atoms with Gasteiger partial charge >= 0.3 is 5.97 Å². The number of guanidine groups is 1. The summed E-state index contributed by atoms with van der Waals surface area (Å²) in [5.41, 5.74) is 2.51. The molecule has 6 nitrogen and oxygen atoms in total. The van der Waals surface area contributed by atoms with Crippen molar-refractivity contribution in [2.45, 2.75) is 26.8 Å². The number of benzene rings is 1. The van der Waals surface area contributed by atoms with Crippen molar-refractivity contribution in [1.29, 1.82) is 0 Å². The highest BCUT2D eigenvalue weighted by atomic mass is 127. The zero-order valence-electron chi connectivity index (χ0n) is 17.9. The number of carbonyl (C=O) groups excluding carboxylic acids is 1. The Morgan fingerprint density at radius 3 is 2.50 bits per heavy atom. The van der Waals surface area contributed by atoms with E-state index in [1.807, 2.05) is 0 Å². The van der Waals surface area contributed by atoms with Crippen LogP contribution in [0.1, 0.15) is 31.0 Å². The lowest BCUT2D eigenvalue weighted by molar-refractivity contribution is -0.145. The molecule has 0 aliphatic carbocycles. The van der Waals surface area contributed by atoms with Crippen LogP contribution < -0.4 is 5.32 Å². The van der Waals surface area contributed by atoms with Crippen LogP contribution in [0.15, 0.2) is 29.3 Å². The van der Waals surface area contributed by atoms with E-state index in [0.717, 1.165) is 19.0 Å². The molecule has 3 unspecified atom stereocenters. The zero-order chi connectivity index (χ0) is 20.0. The van der Waals surface area contributed by atoms with E-state index in [1.54, 1.807) is 0 Å². The molecule has 1 fully saturated rings. The van der Waals surface area contributed by atoms with Crippen molar-refractivity contribution in [3.8, 4) is 0 Å². The lowest BCUT2D eigenvalue weighted by atomic mass is 9.99. The van der Waals surface area contributed by atoms with Gasteiger partial charge in [0.05, 0.1) is 25.6 Å². The smallest absolute Gasteiger partial charge is 0.310 e. The molecule has 1 aliphatic rings. The van der Waals surface area contributed by atoms with E-state index in [0.29, 0.717) is 13.1 Å². The minimum Gasteiger partial charge on any atom is -0.469 e. The van der Waals surface area contributed by atoms with Crippen LogP contribution in [-0.2, 0) is 9.53 Å². The molecule has 158 valence electrons. The van der Waals surface area contributed by atoms with Crippen LogP contribution in [0.5, 0.6) is 0 Å². The van der Waals surface area contributed by atoms with Gasteiger partial charge < -0.3 is 19.9 Å². The van der Waals surface area contributed by atoms with Crippen LogP contribution in [-0.4, -0.2) is 69.1 Å². The van der Waals surface area contributed by atoms with Crippen molar-refractivity contribution >= 4 is 35.9 Å². The van der Waals surface area contributed by atoms with Gasteiger partial charge in [-0.3, -0.25) is 9.79 Å². The summed E-state index contributed by atoms with van der Waals surface area (Å²) in [7, 11) is 5.62. The van der Waals surface area contributed by atoms with Crippen LogP contribution in [0, 0.1) is 18.8 Å². The molecule has 0 spiro atoms. The SMILES string of the molecule is CCNC(=NCC(c1ccc(C)cc1)N(C)C)N1CC(C)C(C(=O)OC)C1.I. The normalized spacial score (nSPS) is 20.7. The predicted octanol–water partition coefficient (Wildman–Crippen LogP) is 2.92. The van der Waals surface area contributed by atoms with Gasteiger partial charge in [-0.2, -0.15) is 0 Å². The highest BCUT2D eigenvalue weighted by Crippen LogP contribution is 2.25. The quantitative estimate of drug-likeness (QED) is 0.281. The lowest BCUT2D eigenvalue weighted by Crippen LogP contribution is -2.41. The van der Waals surface area contributed by atoms with Crippen molar-refractivity contribution in [2.24, 2.45) is 16.8 Å². The van der Waals surface area contributed by atoms with Crippen LogP contribution >= 0.6 is 24.0 Å². The number of nitrogens with one attached hydrogen (secondary N) is 1. The first-order valence-corrected chi connectivity index (χ1v) is 9.71. The molecule has 2 rings (SSSR count). The topological polar surface area (TPSA) is 57.2 Å². The summed E-state index contributed by atoms with van der Waals surface area (Å²) in [6.07, 6.45) is 0. The molecule has 0 amide bonds. The van der Waals surface area contributed by atoms with E-state index >= 15 is 0 Å². The first-order chi connectivity index (χ1) is 12.9. The number of nitrogens with zero attached hydrogens (tertiary/aromatic N) is 3. The number of likely N-dealkylation sites (tertiary alicyclic amines) is 1. The third-order valence-electron chi connectivity index (χ3n) is 5.25. The summed E-state index contributed by atoms with van der Waals surface area (Å²) in [6, 6.07) is 8.84. The number of halogens is 1. The second-order valence-electron chi connectivity index (χ2n) is 7.60. The largest absolute Gasteiger partial charge is 0.469 e. The van der Waals surface area contributed by atoms with Crippen molar-refractivity contribution < 1.29 is 9.53 Å². The van der Waals surface area contributed by atoms with Gasteiger partial charge in [0.2, 0.25) is 0 Å². The molecular formula is C21H35IN4O2. The van der Waals surface area contributed by atoms with E-state index in [2.05, 4.69) is 74.2 Å². The molecule has 28 heavy (non-hydrogen) atoms. The monoisotopic (exact) mass is 502 g/mol. The van der Waals surface area contributed by atoms with Crippen LogP contribution in [0.25, 0.3) is 0 Å². The Hall–Kier alpha value is -1.35. The van der Waals surface area contributed by atoms with Gasteiger partial charge in [0.15, 0.2) is 5.96 Å². The Morgan fingerprint density at radius 2 is 1.96 bits per heavy atom.